The minimum Gasteiger partial charge on any atom is -0.456 e. The van der Waals surface area contributed by atoms with Gasteiger partial charge in [0.25, 0.3) is 0 Å². The van der Waals surface area contributed by atoms with Crippen molar-refractivity contribution in [3.63, 3.8) is 0 Å². The van der Waals surface area contributed by atoms with E-state index in [2.05, 4.69) is 266 Å². The van der Waals surface area contributed by atoms with Gasteiger partial charge in [0.05, 0.1) is 0 Å². The smallest absolute Gasteiger partial charge is 0.137 e. The summed E-state index contributed by atoms with van der Waals surface area (Å²) in [5, 5.41) is 2.23. The Morgan fingerprint density at radius 3 is 0.912 bits per heavy atom. The van der Waals surface area contributed by atoms with Gasteiger partial charge in [0, 0.05) is 33.9 Å². The van der Waals surface area contributed by atoms with Crippen molar-refractivity contribution in [1.29, 1.82) is 0 Å². The fraction of sp³-hybridized carbons (Fsp3) is 0. The predicted octanol–water partition coefficient (Wildman–Crippen LogP) is 18.7. The van der Waals surface area contributed by atoms with E-state index in [-0.39, 0.29) is 0 Å². The zero-order valence-corrected chi connectivity index (χ0v) is 37.3. The summed E-state index contributed by atoms with van der Waals surface area (Å²) in [7, 11) is 0. The topological polar surface area (TPSA) is 16.4 Å². The lowest BCUT2D eigenvalue weighted by molar-refractivity contribution is 0.669. The molecule has 12 rings (SSSR count). The molecule has 0 atom stereocenters. The van der Waals surface area contributed by atoms with E-state index in [0.717, 1.165) is 50.1 Å². The van der Waals surface area contributed by atoms with Crippen LogP contribution in [0.5, 0.6) is 0 Å². The van der Waals surface area contributed by atoms with Gasteiger partial charge in [-0.25, -0.2) is 0 Å². The molecule has 0 saturated heterocycles. The number of hydrogen-bond acceptors (Lipinski definition) is 2. The van der Waals surface area contributed by atoms with Crippen LogP contribution in [-0.4, -0.2) is 0 Å². The van der Waals surface area contributed by atoms with Gasteiger partial charge in [0.1, 0.15) is 11.2 Å². The van der Waals surface area contributed by atoms with Crippen molar-refractivity contribution in [3.05, 3.63) is 273 Å². The van der Waals surface area contributed by atoms with Gasteiger partial charge < -0.3 is 9.32 Å². The molecule has 11 aromatic carbocycles. The van der Waals surface area contributed by atoms with Gasteiger partial charge in [-0.1, -0.05) is 218 Å². The first-order valence-corrected chi connectivity index (χ1v) is 23.2. The summed E-state index contributed by atoms with van der Waals surface area (Å²) in [5.74, 6) is 0. The van der Waals surface area contributed by atoms with Crippen molar-refractivity contribution in [2.45, 2.75) is 0 Å². The summed E-state index contributed by atoms with van der Waals surface area (Å²) in [6.45, 7) is 0. The SMILES string of the molecule is c1ccc(-c2ccc(-c3ccc(-c4ccc(N(c5ccc(-c6ccc(-c7ccc(-c8cccc(-c9ccccc9)c8)cc7)cc6)cc5)c5ccc6c(c5)oc5ccccc56)cc4)cc3)cc2)cc1. The van der Waals surface area contributed by atoms with Crippen LogP contribution in [0.15, 0.2) is 277 Å². The van der Waals surface area contributed by atoms with Crippen molar-refractivity contribution in [1.82, 2.24) is 0 Å². The molecule has 12 aromatic rings. The molecule has 0 spiro atoms. The Hall–Kier alpha value is -8.98. The van der Waals surface area contributed by atoms with E-state index in [1.54, 1.807) is 0 Å². The van der Waals surface area contributed by atoms with Crippen LogP contribution in [-0.2, 0) is 0 Å². The second kappa shape index (κ2) is 17.8. The number of anilines is 3. The van der Waals surface area contributed by atoms with Gasteiger partial charge in [-0.05, 0) is 126 Å². The Kier molecular flexibility index (Phi) is 10.6. The van der Waals surface area contributed by atoms with Gasteiger partial charge >= 0.3 is 0 Å². The van der Waals surface area contributed by atoms with Crippen LogP contribution in [0.1, 0.15) is 0 Å². The lowest BCUT2D eigenvalue weighted by atomic mass is 9.96. The first-order chi connectivity index (χ1) is 33.7. The molecule has 0 saturated carbocycles. The second-order valence-corrected chi connectivity index (χ2v) is 17.3. The number of furan rings is 1. The molecule has 320 valence electrons. The summed E-state index contributed by atoms with van der Waals surface area (Å²) in [6.07, 6.45) is 0. The number of hydrogen-bond donors (Lipinski definition) is 0. The predicted molar refractivity (Wildman–Crippen MR) is 286 cm³/mol. The number of para-hydroxylation sites is 1. The van der Waals surface area contributed by atoms with Crippen LogP contribution in [0.3, 0.4) is 0 Å². The molecule has 1 heterocycles. The number of nitrogens with zero attached hydrogens (tertiary/aromatic N) is 1. The van der Waals surface area contributed by atoms with E-state index < -0.39 is 0 Å². The molecule has 0 aliphatic rings. The van der Waals surface area contributed by atoms with E-state index in [0.29, 0.717) is 0 Å². The third-order valence-electron chi connectivity index (χ3n) is 13.2. The zero-order chi connectivity index (χ0) is 45.2. The summed E-state index contributed by atoms with van der Waals surface area (Å²) in [6, 6.07) is 97.9. The molecular weight excluding hydrogens is 823 g/mol. The van der Waals surface area contributed by atoms with Gasteiger partial charge in [-0.3, -0.25) is 0 Å². The standard InChI is InChI=1S/C66H45NO/c1-3-10-46(11-4-1)48-18-20-49(21-19-48)50-22-26-53(27-23-50)55-34-38-60(39-35-55)67(62-42-43-64-63-16-7-8-17-65(63)68-66(64)45-62)61-40-36-56(37-41-61)54-28-24-51(25-29-54)52-30-32-57(33-31-52)59-15-9-14-58(44-59)47-12-5-2-6-13-47/h1-45H. The Balaban J connectivity index is 0.802. The van der Waals surface area contributed by atoms with E-state index in [1.165, 1.54) is 66.8 Å². The van der Waals surface area contributed by atoms with E-state index >= 15 is 0 Å². The molecular formula is C66H45NO. The highest BCUT2D eigenvalue weighted by Gasteiger charge is 2.17. The van der Waals surface area contributed by atoms with Crippen molar-refractivity contribution >= 4 is 39.0 Å². The minimum absolute atomic E-state index is 0.865. The van der Waals surface area contributed by atoms with Crippen molar-refractivity contribution < 1.29 is 4.42 Å². The first-order valence-electron chi connectivity index (χ1n) is 23.2. The number of rotatable bonds is 10. The van der Waals surface area contributed by atoms with Crippen molar-refractivity contribution in [2.24, 2.45) is 0 Å². The fourth-order valence-electron chi connectivity index (χ4n) is 9.47. The molecule has 0 amide bonds. The van der Waals surface area contributed by atoms with Crippen LogP contribution in [0.4, 0.5) is 17.1 Å². The lowest BCUT2D eigenvalue weighted by Gasteiger charge is -2.26. The maximum Gasteiger partial charge on any atom is 0.137 e. The van der Waals surface area contributed by atoms with Gasteiger partial charge in [-0.15, -0.1) is 0 Å². The van der Waals surface area contributed by atoms with Crippen molar-refractivity contribution in [3.8, 4) is 77.9 Å². The van der Waals surface area contributed by atoms with Crippen LogP contribution < -0.4 is 4.90 Å². The van der Waals surface area contributed by atoms with Crippen LogP contribution in [0.25, 0.3) is 99.8 Å². The fourth-order valence-corrected chi connectivity index (χ4v) is 9.47. The highest BCUT2D eigenvalue weighted by Crippen LogP contribution is 2.40. The maximum absolute atomic E-state index is 6.40. The summed E-state index contributed by atoms with van der Waals surface area (Å²) in [5.41, 5.74) is 21.7. The molecule has 0 N–H and O–H groups in total. The van der Waals surface area contributed by atoms with Crippen LogP contribution in [0, 0.1) is 0 Å². The van der Waals surface area contributed by atoms with E-state index in [4.69, 9.17) is 4.42 Å². The van der Waals surface area contributed by atoms with Gasteiger partial charge in [-0.2, -0.15) is 0 Å². The third-order valence-corrected chi connectivity index (χ3v) is 13.2. The zero-order valence-electron chi connectivity index (χ0n) is 37.3. The monoisotopic (exact) mass is 867 g/mol. The Morgan fingerprint density at radius 1 is 0.191 bits per heavy atom. The molecule has 0 unspecified atom stereocenters. The van der Waals surface area contributed by atoms with Crippen molar-refractivity contribution in [2.75, 3.05) is 4.90 Å². The number of fused-ring (bicyclic) bond motifs is 3. The average molecular weight is 868 g/mol. The largest absolute Gasteiger partial charge is 0.456 e. The molecule has 2 heteroatoms. The Morgan fingerprint density at radius 2 is 0.485 bits per heavy atom. The molecule has 0 aliphatic carbocycles. The van der Waals surface area contributed by atoms with Crippen LogP contribution >= 0.6 is 0 Å². The molecule has 68 heavy (non-hydrogen) atoms. The van der Waals surface area contributed by atoms with Gasteiger partial charge in [0.2, 0.25) is 0 Å². The third kappa shape index (κ3) is 8.06. The molecule has 0 fully saturated rings. The second-order valence-electron chi connectivity index (χ2n) is 17.3. The van der Waals surface area contributed by atoms with Gasteiger partial charge in [0.15, 0.2) is 0 Å². The quantitative estimate of drug-likeness (QED) is 0.136. The average Bonchev–Trinajstić information content (AvgIpc) is 3.80. The summed E-state index contributed by atoms with van der Waals surface area (Å²) < 4.78 is 6.40. The molecule has 0 bridgehead atoms. The Labute approximate surface area is 397 Å². The molecule has 0 aliphatic heterocycles. The Bertz CT molecular complexity index is 3650. The minimum atomic E-state index is 0.865. The first kappa shape index (κ1) is 40.5. The lowest BCUT2D eigenvalue weighted by Crippen LogP contribution is -2.09. The summed E-state index contributed by atoms with van der Waals surface area (Å²) >= 11 is 0. The molecule has 0 radical (unpaired) electrons. The molecule has 1 aromatic heterocycles. The van der Waals surface area contributed by atoms with E-state index in [9.17, 15) is 0 Å². The molecule has 2 nitrogen and oxygen atoms in total. The highest BCUT2D eigenvalue weighted by molar-refractivity contribution is 6.06. The van der Waals surface area contributed by atoms with Crippen LogP contribution in [0.2, 0.25) is 0 Å². The normalized spacial score (nSPS) is 11.2. The number of benzene rings is 11. The van der Waals surface area contributed by atoms with E-state index in [1.807, 2.05) is 12.1 Å². The summed E-state index contributed by atoms with van der Waals surface area (Å²) in [4.78, 5) is 2.31. The maximum atomic E-state index is 6.40. The highest BCUT2D eigenvalue weighted by atomic mass is 16.3.